The van der Waals surface area contributed by atoms with Crippen LogP contribution >= 0.6 is 11.3 Å². The van der Waals surface area contributed by atoms with Crippen LogP contribution in [0.15, 0.2) is 35.8 Å². The van der Waals surface area contributed by atoms with Crippen molar-refractivity contribution in [3.63, 3.8) is 0 Å². The maximum atomic E-state index is 12.8. The second-order valence-electron chi connectivity index (χ2n) is 6.52. The summed E-state index contributed by atoms with van der Waals surface area (Å²) in [5, 5.41) is 11.5. The molecule has 3 aromatic rings. The van der Waals surface area contributed by atoms with E-state index in [2.05, 4.69) is 4.98 Å². The maximum absolute atomic E-state index is 12.8. The Kier molecular flexibility index (Phi) is 4.43. The quantitative estimate of drug-likeness (QED) is 0.720. The summed E-state index contributed by atoms with van der Waals surface area (Å²) in [6.07, 6.45) is -1.80. The van der Waals surface area contributed by atoms with Crippen LogP contribution in [-0.2, 0) is 6.18 Å². The van der Waals surface area contributed by atoms with E-state index in [4.69, 9.17) is 0 Å². The van der Waals surface area contributed by atoms with Gasteiger partial charge in [0, 0.05) is 30.2 Å². The molecule has 142 valence electrons. The van der Waals surface area contributed by atoms with E-state index in [0.29, 0.717) is 41.4 Å². The van der Waals surface area contributed by atoms with Gasteiger partial charge in [0.05, 0.1) is 17.4 Å². The van der Waals surface area contributed by atoms with Crippen molar-refractivity contribution in [1.29, 1.82) is 0 Å². The van der Waals surface area contributed by atoms with E-state index in [-0.39, 0.29) is 5.91 Å². The first-order valence-corrected chi connectivity index (χ1v) is 9.32. The minimum Gasteiger partial charge on any atom is -0.391 e. The number of aliphatic hydroxyl groups is 1. The van der Waals surface area contributed by atoms with Crippen LogP contribution in [0.5, 0.6) is 0 Å². The molecule has 1 saturated heterocycles. The third-order valence-corrected chi connectivity index (χ3v) is 5.46. The average Bonchev–Trinajstić information content (AvgIpc) is 3.21. The topological polar surface area (TPSA) is 57.8 Å². The molecule has 4 rings (SSSR count). The lowest BCUT2D eigenvalue weighted by Crippen LogP contribution is -2.42. The van der Waals surface area contributed by atoms with E-state index in [0.717, 1.165) is 18.6 Å². The van der Waals surface area contributed by atoms with Crippen molar-refractivity contribution in [2.75, 3.05) is 13.1 Å². The van der Waals surface area contributed by atoms with Crippen LogP contribution in [0.3, 0.4) is 0 Å². The van der Waals surface area contributed by atoms with Crippen molar-refractivity contribution in [3.8, 4) is 11.3 Å². The molecule has 1 aliphatic rings. The SMILES string of the molecule is O=C(c1csc2nc(-c3ccc(C(F)(F)F)cc3)cn12)N1CCC[C@H](O)C1. The van der Waals surface area contributed by atoms with Crippen LogP contribution in [0.25, 0.3) is 16.2 Å². The zero-order valence-corrected chi connectivity index (χ0v) is 14.9. The number of hydrogen-bond acceptors (Lipinski definition) is 4. The summed E-state index contributed by atoms with van der Waals surface area (Å²) in [7, 11) is 0. The molecule has 1 aromatic carbocycles. The molecule has 9 heteroatoms. The number of thiazole rings is 1. The van der Waals surface area contributed by atoms with Crippen LogP contribution in [0.2, 0.25) is 0 Å². The Morgan fingerprint density at radius 1 is 1.26 bits per heavy atom. The summed E-state index contributed by atoms with van der Waals surface area (Å²) < 4.78 is 39.8. The molecular weight excluding hydrogens is 379 g/mol. The van der Waals surface area contributed by atoms with Gasteiger partial charge in [-0.25, -0.2) is 4.98 Å². The number of hydrogen-bond donors (Lipinski definition) is 1. The first-order chi connectivity index (χ1) is 12.8. The number of benzene rings is 1. The summed E-state index contributed by atoms with van der Waals surface area (Å²) in [4.78, 5) is 19.4. The van der Waals surface area contributed by atoms with Crippen molar-refractivity contribution in [2.24, 2.45) is 0 Å². The van der Waals surface area contributed by atoms with E-state index in [9.17, 15) is 23.1 Å². The number of rotatable bonds is 2. The Balaban J connectivity index is 1.63. The maximum Gasteiger partial charge on any atom is 0.416 e. The third-order valence-electron chi connectivity index (χ3n) is 4.62. The molecule has 0 bridgehead atoms. The van der Waals surface area contributed by atoms with Gasteiger partial charge in [-0.05, 0) is 25.0 Å². The molecule has 0 aliphatic carbocycles. The Morgan fingerprint density at radius 2 is 2.00 bits per heavy atom. The summed E-state index contributed by atoms with van der Waals surface area (Å²) in [6, 6.07) is 4.78. The number of imidazole rings is 1. The number of amides is 1. The Bertz CT molecular complexity index is 978. The number of β-amino-alcohol motifs (C(OH)–C–C–N with tert-alkyl or cyclic N) is 1. The van der Waals surface area contributed by atoms with Gasteiger partial charge in [0.2, 0.25) is 0 Å². The predicted octanol–water partition coefficient (Wildman–Crippen LogP) is 3.68. The van der Waals surface area contributed by atoms with Crippen LogP contribution in [0.4, 0.5) is 13.2 Å². The van der Waals surface area contributed by atoms with Gasteiger partial charge in [-0.15, -0.1) is 11.3 Å². The molecule has 0 unspecified atom stereocenters. The van der Waals surface area contributed by atoms with Gasteiger partial charge in [-0.1, -0.05) is 12.1 Å². The van der Waals surface area contributed by atoms with Gasteiger partial charge in [0.1, 0.15) is 5.69 Å². The van der Waals surface area contributed by atoms with Crippen molar-refractivity contribution in [2.45, 2.75) is 25.1 Å². The smallest absolute Gasteiger partial charge is 0.391 e. The molecule has 3 heterocycles. The number of halogens is 3. The average molecular weight is 395 g/mol. The van der Waals surface area contributed by atoms with Gasteiger partial charge in [-0.3, -0.25) is 9.20 Å². The van der Waals surface area contributed by atoms with E-state index in [1.54, 1.807) is 20.9 Å². The van der Waals surface area contributed by atoms with Gasteiger partial charge < -0.3 is 10.0 Å². The molecule has 1 amide bonds. The van der Waals surface area contributed by atoms with E-state index in [1.165, 1.54) is 23.5 Å². The van der Waals surface area contributed by atoms with Crippen LogP contribution in [0, 0.1) is 0 Å². The van der Waals surface area contributed by atoms with Crippen LogP contribution in [-0.4, -0.2) is 44.5 Å². The number of likely N-dealkylation sites (tertiary alicyclic amines) is 1. The van der Waals surface area contributed by atoms with E-state index < -0.39 is 17.8 Å². The van der Waals surface area contributed by atoms with Gasteiger partial charge in [-0.2, -0.15) is 13.2 Å². The lowest BCUT2D eigenvalue weighted by Gasteiger charge is -2.29. The van der Waals surface area contributed by atoms with Crippen LogP contribution < -0.4 is 0 Å². The van der Waals surface area contributed by atoms with Gasteiger partial charge in [0.25, 0.3) is 5.91 Å². The normalized spacial score (nSPS) is 18.2. The molecule has 0 spiro atoms. The highest BCUT2D eigenvalue weighted by Crippen LogP contribution is 2.31. The highest BCUT2D eigenvalue weighted by Gasteiger charge is 2.30. The van der Waals surface area contributed by atoms with Crippen molar-refractivity contribution in [3.05, 3.63) is 47.1 Å². The fourth-order valence-corrected chi connectivity index (χ4v) is 4.06. The number of aliphatic hydroxyl groups excluding tert-OH is 1. The number of fused-ring (bicyclic) bond motifs is 1. The number of carbonyl (C=O) groups excluding carboxylic acids is 1. The number of alkyl halides is 3. The zero-order valence-electron chi connectivity index (χ0n) is 14.1. The lowest BCUT2D eigenvalue weighted by atomic mass is 10.1. The molecule has 1 atom stereocenters. The molecule has 5 nitrogen and oxygen atoms in total. The molecule has 1 N–H and O–H groups in total. The summed E-state index contributed by atoms with van der Waals surface area (Å²) >= 11 is 1.29. The first-order valence-electron chi connectivity index (χ1n) is 8.44. The zero-order chi connectivity index (χ0) is 19.2. The van der Waals surface area contributed by atoms with E-state index >= 15 is 0 Å². The van der Waals surface area contributed by atoms with Gasteiger partial charge >= 0.3 is 6.18 Å². The first kappa shape index (κ1) is 18.0. The second-order valence-corrected chi connectivity index (χ2v) is 7.36. The molecule has 27 heavy (non-hydrogen) atoms. The van der Waals surface area contributed by atoms with Crippen molar-refractivity contribution >= 4 is 22.2 Å². The number of piperidine rings is 1. The molecule has 2 aromatic heterocycles. The second kappa shape index (κ2) is 6.65. The summed E-state index contributed by atoms with van der Waals surface area (Å²) in [5.41, 5.74) is 0.774. The molecule has 1 aliphatic heterocycles. The van der Waals surface area contributed by atoms with Crippen molar-refractivity contribution < 1.29 is 23.1 Å². The van der Waals surface area contributed by atoms with Gasteiger partial charge in [0.15, 0.2) is 4.96 Å². The number of aromatic nitrogens is 2. The molecular formula is C18H16F3N3O2S. The minimum absolute atomic E-state index is 0.184. The van der Waals surface area contributed by atoms with Crippen LogP contribution in [0.1, 0.15) is 28.9 Å². The Morgan fingerprint density at radius 3 is 2.67 bits per heavy atom. The standard InChI is InChI=1S/C18H16F3N3O2S/c19-18(20,21)12-5-3-11(4-6-12)14-9-24-15(10-27-17(24)22-14)16(26)23-7-1-2-13(25)8-23/h3-6,9-10,13,25H,1-2,7-8H2/t13-/m0/s1. The van der Waals surface area contributed by atoms with E-state index in [1.807, 2.05) is 0 Å². The number of carbonyl (C=O) groups is 1. The molecule has 1 fully saturated rings. The number of nitrogens with zero attached hydrogens (tertiary/aromatic N) is 3. The monoisotopic (exact) mass is 395 g/mol. The molecule has 0 saturated carbocycles. The highest BCUT2D eigenvalue weighted by atomic mass is 32.1. The highest BCUT2D eigenvalue weighted by molar-refractivity contribution is 7.15. The fraction of sp³-hybridized carbons (Fsp3) is 0.333. The minimum atomic E-state index is -4.38. The predicted molar refractivity (Wildman–Crippen MR) is 94.7 cm³/mol. The third kappa shape index (κ3) is 3.44. The fourth-order valence-electron chi connectivity index (χ4n) is 3.21. The molecule has 0 radical (unpaired) electrons. The van der Waals surface area contributed by atoms with Crippen molar-refractivity contribution in [1.82, 2.24) is 14.3 Å². The summed E-state index contributed by atoms with van der Waals surface area (Å²) in [5.74, 6) is -0.184. The summed E-state index contributed by atoms with van der Waals surface area (Å²) in [6.45, 7) is 0.893. The lowest BCUT2D eigenvalue weighted by molar-refractivity contribution is -0.137. The Hall–Kier alpha value is -2.39. The Labute approximate surface area is 156 Å². The largest absolute Gasteiger partial charge is 0.416 e.